The molecule has 0 unspecified atom stereocenters. The van der Waals surface area contributed by atoms with Gasteiger partial charge in [0.05, 0.1) is 5.56 Å². The van der Waals surface area contributed by atoms with E-state index in [0.29, 0.717) is 30.9 Å². The number of rotatable bonds is 12. The number of carbonyl (C=O) groups is 2. The van der Waals surface area contributed by atoms with Gasteiger partial charge in [0.2, 0.25) is 0 Å². The van der Waals surface area contributed by atoms with E-state index in [1.54, 1.807) is 13.2 Å². The number of ether oxygens (including phenoxy) is 1. The molecular weight excluding hydrogens is 442 g/mol. The first-order valence-corrected chi connectivity index (χ1v) is 12.6. The van der Waals surface area contributed by atoms with Crippen molar-refractivity contribution in [2.24, 2.45) is 0 Å². The van der Waals surface area contributed by atoms with Crippen molar-refractivity contribution in [3.8, 4) is 0 Å². The summed E-state index contributed by atoms with van der Waals surface area (Å²) in [4.78, 5) is 30.0. The summed E-state index contributed by atoms with van der Waals surface area (Å²) in [6.07, 6.45) is 2.69. The average Bonchev–Trinajstić information content (AvgIpc) is 2.88. The lowest BCUT2D eigenvalue weighted by molar-refractivity contribution is 0.0949. The van der Waals surface area contributed by atoms with E-state index in [1.807, 2.05) is 18.2 Å². The third kappa shape index (κ3) is 8.56. The molecule has 8 nitrogen and oxygen atoms in total. The van der Waals surface area contributed by atoms with Crippen molar-refractivity contribution in [1.82, 2.24) is 15.5 Å². The standard InChI is InChI=1S/C27H39N5O3/c1-3-4-13-29-27(34)30-23-11-12-25(24(20-23)26(33)28-14-8-19-35-2)32-17-15-31(16-18-32)21-22-9-6-5-7-10-22/h5-7,9-12,20H,3-4,8,13-19,21H2,1-2H3,(H,28,33)(H2,29,30,34). The van der Waals surface area contributed by atoms with Gasteiger partial charge in [-0.1, -0.05) is 43.7 Å². The molecule has 2 aromatic rings. The first-order chi connectivity index (χ1) is 17.1. The average molecular weight is 482 g/mol. The van der Waals surface area contributed by atoms with E-state index in [0.717, 1.165) is 57.7 Å². The van der Waals surface area contributed by atoms with Crippen LogP contribution in [0.1, 0.15) is 42.1 Å². The lowest BCUT2D eigenvalue weighted by atomic mass is 10.1. The third-order valence-electron chi connectivity index (χ3n) is 6.09. The Labute approximate surface area is 209 Å². The molecule has 3 rings (SSSR count). The Kier molecular flexibility index (Phi) is 10.9. The molecule has 3 N–H and O–H groups in total. The van der Waals surface area contributed by atoms with E-state index >= 15 is 0 Å². The van der Waals surface area contributed by atoms with E-state index in [1.165, 1.54) is 5.56 Å². The van der Waals surface area contributed by atoms with Gasteiger partial charge in [0.25, 0.3) is 5.91 Å². The van der Waals surface area contributed by atoms with Crippen LogP contribution < -0.4 is 20.9 Å². The van der Waals surface area contributed by atoms with Gasteiger partial charge in [-0.2, -0.15) is 0 Å². The largest absolute Gasteiger partial charge is 0.385 e. The maximum absolute atomic E-state index is 13.1. The minimum absolute atomic E-state index is 0.141. The quantitative estimate of drug-likeness (QED) is 0.403. The lowest BCUT2D eigenvalue weighted by Crippen LogP contribution is -2.46. The number of nitrogens with one attached hydrogen (secondary N) is 3. The Morgan fingerprint density at radius 2 is 1.69 bits per heavy atom. The monoisotopic (exact) mass is 481 g/mol. The van der Waals surface area contributed by atoms with Crippen LogP contribution in [0.4, 0.5) is 16.2 Å². The zero-order valence-corrected chi connectivity index (χ0v) is 21.0. The van der Waals surface area contributed by atoms with Crippen LogP contribution in [0.5, 0.6) is 0 Å². The van der Waals surface area contributed by atoms with Gasteiger partial charge in [-0.3, -0.25) is 9.69 Å². The van der Waals surface area contributed by atoms with Crippen molar-refractivity contribution >= 4 is 23.3 Å². The van der Waals surface area contributed by atoms with Crippen LogP contribution >= 0.6 is 0 Å². The fourth-order valence-electron chi connectivity index (χ4n) is 4.13. The van der Waals surface area contributed by atoms with E-state index in [2.05, 4.69) is 56.9 Å². The normalized spacial score (nSPS) is 13.9. The molecule has 0 radical (unpaired) electrons. The number of anilines is 2. The highest BCUT2D eigenvalue weighted by Gasteiger charge is 2.22. The molecule has 2 aromatic carbocycles. The van der Waals surface area contributed by atoms with Crippen molar-refractivity contribution in [2.75, 3.05) is 63.2 Å². The molecule has 8 heteroatoms. The maximum atomic E-state index is 13.1. The van der Waals surface area contributed by atoms with Crippen molar-refractivity contribution in [1.29, 1.82) is 0 Å². The van der Waals surface area contributed by atoms with Gasteiger partial charge >= 0.3 is 6.03 Å². The van der Waals surface area contributed by atoms with Crippen LogP contribution in [0.25, 0.3) is 0 Å². The summed E-state index contributed by atoms with van der Waals surface area (Å²) in [7, 11) is 1.65. The second-order valence-electron chi connectivity index (χ2n) is 8.82. The van der Waals surface area contributed by atoms with Gasteiger partial charge in [0.15, 0.2) is 0 Å². The fourth-order valence-corrected chi connectivity index (χ4v) is 4.13. The van der Waals surface area contributed by atoms with E-state index in [9.17, 15) is 9.59 Å². The second-order valence-corrected chi connectivity index (χ2v) is 8.82. The van der Waals surface area contributed by atoms with Crippen molar-refractivity contribution in [2.45, 2.75) is 32.7 Å². The number of piperazine rings is 1. The Bertz CT molecular complexity index is 930. The molecule has 190 valence electrons. The number of nitrogens with zero attached hydrogens (tertiary/aromatic N) is 2. The molecule has 1 aliphatic rings. The topological polar surface area (TPSA) is 85.9 Å². The van der Waals surface area contributed by atoms with Crippen molar-refractivity contribution in [3.63, 3.8) is 0 Å². The number of urea groups is 1. The number of amides is 3. The van der Waals surface area contributed by atoms with Crippen LogP contribution in [0, 0.1) is 0 Å². The molecule has 1 aliphatic heterocycles. The molecular formula is C27H39N5O3. The molecule has 1 fully saturated rings. The van der Waals surface area contributed by atoms with Crippen LogP contribution in [0.2, 0.25) is 0 Å². The zero-order valence-electron chi connectivity index (χ0n) is 21.0. The van der Waals surface area contributed by atoms with Gasteiger partial charge in [-0.05, 0) is 36.6 Å². The highest BCUT2D eigenvalue weighted by atomic mass is 16.5. The van der Waals surface area contributed by atoms with Gasteiger partial charge in [0, 0.05) is 70.9 Å². The highest BCUT2D eigenvalue weighted by Crippen LogP contribution is 2.26. The summed E-state index contributed by atoms with van der Waals surface area (Å²) in [5.41, 5.74) is 3.38. The summed E-state index contributed by atoms with van der Waals surface area (Å²) in [5.74, 6) is -0.141. The zero-order chi connectivity index (χ0) is 24.9. The Balaban J connectivity index is 1.67. The molecule has 1 saturated heterocycles. The summed E-state index contributed by atoms with van der Waals surface area (Å²) >= 11 is 0. The molecule has 0 spiro atoms. The Hall–Kier alpha value is -3.10. The van der Waals surface area contributed by atoms with Gasteiger partial charge in [-0.15, -0.1) is 0 Å². The minimum atomic E-state index is -0.257. The number of unbranched alkanes of at least 4 members (excludes halogenated alkanes) is 1. The van der Waals surface area contributed by atoms with Crippen LogP contribution in [0.15, 0.2) is 48.5 Å². The number of hydrogen-bond donors (Lipinski definition) is 3. The SMILES string of the molecule is CCCCNC(=O)Nc1ccc(N2CCN(Cc3ccccc3)CC2)c(C(=O)NCCCOC)c1. The first kappa shape index (κ1) is 26.5. The van der Waals surface area contributed by atoms with Crippen LogP contribution in [0.3, 0.4) is 0 Å². The van der Waals surface area contributed by atoms with Crippen LogP contribution in [-0.4, -0.2) is 69.8 Å². The number of hydrogen-bond acceptors (Lipinski definition) is 5. The third-order valence-corrected chi connectivity index (χ3v) is 6.09. The van der Waals surface area contributed by atoms with Gasteiger partial charge in [-0.25, -0.2) is 4.79 Å². The predicted molar refractivity (Wildman–Crippen MR) is 141 cm³/mol. The first-order valence-electron chi connectivity index (χ1n) is 12.6. The van der Waals surface area contributed by atoms with Crippen LogP contribution in [-0.2, 0) is 11.3 Å². The highest BCUT2D eigenvalue weighted by molar-refractivity contribution is 6.02. The van der Waals surface area contributed by atoms with E-state index in [4.69, 9.17) is 4.74 Å². The molecule has 0 aromatic heterocycles. The summed E-state index contributed by atoms with van der Waals surface area (Å²) in [6, 6.07) is 15.8. The Morgan fingerprint density at radius 3 is 2.40 bits per heavy atom. The molecule has 35 heavy (non-hydrogen) atoms. The molecule has 0 saturated carbocycles. The second kappa shape index (κ2) is 14.3. The fraction of sp³-hybridized carbons (Fsp3) is 0.481. The number of methoxy groups -OCH3 is 1. The molecule has 0 aliphatic carbocycles. The summed E-state index contributed by atoms with van der Waals surface area (Å²) in [6.45, 7) is 8.27. The van der Waals surface area contributed by atoms with E-state index < -0.39 is 0 Å². The maximum Gasteiger partial charge on any atom is 0.319 e. The number of carbonyl (C=O) groups excluding carboxylic acids is 2. The van der Waals surface area contributed by atoms with Crippen molar-refractivity contribution in [3.05, 3.63) is 59.7 Å². The Morgan fingerprint density at radius 1 is 0.943 bits per heavy atom. The summed E-state index contributed by atoms with van der Waals surface area (Å²) < 4.78 is 5.09. The van der Waals surface area contributed by atoms with Gasteiger partial charge in [0.1, 0.15) is 0 Å². The smallest absolute Gasteiger partial charge is 0.319 e. The van der Waals surface area contributed by atoms with Gasteiger partial charge < -0.3 is 25.6 Å². The molecule has 0 bridgehead atoms. The summed E-state index contributed by atoms with van der Waals surface area (Å²) in [5, 5.41) is 8.70. The van der Waals surface area contributed by atoms with Crippen molar-refractivity contribution < 1.29 is 14.3 Å². The minimum Gasteiger partial charge on any atom is -0.385 e. The lowest BCUT2D eigenvalue weighted by Gasteiger charge is -2.37. The predicted octanol–water partition coefficient (Wildman–Crippen LogP) is 3.70. The van der Waals surface area contributed by atoms with E-state index in [-0.39, 0.29) is 11.9 Å². The number of benzene rings is 2. The molecule has 1 heterocycles. The molecule has 3 amide bonds. The molecule has 0 atom stereocenters.